The summed E-state index contributed by atoms with van der Waals surface area (Å²) in [6.07, 6.45) is 5.62. The van der Waals surface area contributed by atoms with Gasteiger partial charge in [-0.25, -0.2) is 8.42 Å². The Morgan fingerprint density at radius 3 is 2.22 bits per heavy atom. The van der Waals surface area contributed by atoms with Crippen LogP contribution in [0.2, 0.25) is 0 Å². The third-order valence-electron chi connectivity index (χ3n) is 6.94. The lowest BCUT2D eigenvalue weighted by molar-refractivity contribution is -0.141. The monoisotopic (exact) mass is 529 g/mol. The van der Waals surface area contributed by atoms with Crippen LogP contribution in [-0.2, 0) is 26.2 Å². The third-order valence-corrected chi connectivity index (χ3v) is 8.75. The second kappa shape index (κ2) is 13.1. The third kappa shape index (κ3) is 7.55. The van der Waals surface area contributed by atoms with E-state index in [1.165, 1.54) is 30.5 Å². The van der Waals surface area contributed by atoms with Crippen molar-refractivity contribution in [2.45, 2.75) is 75.9 Å². The van der Waals surface area contributed by atoms with E-state index in [0.717, 1.165) is 41.1 Å². The number of nitrogens with one attached hydrogen (secondary N) is 1. The predicted molar refractivity (Wildman–Crippen MR) is 144 cm³/mol. The van der Waals surface area contributed by atoms with Gasteiger partial charge in [0.1, 0.15) is 11.8 Å². The molecular weight excluding hydrogens is 490 g/mol. The molecule has 37 heavy (non-hydrogen) atoms. The molecule has 2 aromatic rings. The molecule has 1 atom stereocenters. The highest BCUT2D eigenvalue weighted by atomic mass is 32.2. The van der Waals surface area contributed by atoms with Crippen molar-refractivity contribution in [1.82, 2.24) is 14.5 Å². The fourth-order valence-corrected chi connectivity index (χ4v) is 5.77. The number of ether oxygens (including phenoxy) is 1. The number of likely N-dealkylation sites (N-methyl/N-ethyl adjacent to an activating group) is 1. The summed E-state index contributed by atoms with van der Waals surface area (Å²) in [4.78, 5) is 28.6. The second-order valence-corrected chi connectivity index (χ2v) is 11.8. The molecule has 202 valence electrons. The van der Waals surface area contributed by atoms with E-state index >= 15 is 0 Å². The normalized spacial score (nSPS) is 15.3. The Balaban J connectivity index is 1.83. The van der Waals surface area contributed by atoms with E-state index in [-0.39, 0.29) is 29.9 Å². The zero-order valence-electron chi connectivity index (χ0n) is 22.3. The largest absolute Gasteiger partial charge is 0.497 e. The van der Waals surface area contributed by atoms with Gasteiger partial charge in [-0.2, -0.15) is 4.31 Å². The number of rotatable bonds is 11. The van der Waals surface area contributed by atoms with E-state index in [9.17, 15) is 18.0 Å². The molecule has 0 unspecified atom stereocenters. The van der Waals surface area contributed by atoms with E-state index in [1.54, 1.807) is 31.4 Å². The molecule has 0 aromatic heterocycles. The first kappa shape index (κ1) is 28.7. The maximum Gasteiger partial charge on any atom is 0.243 e. The molecule has 0 radical (unpaired) electrons. The Kier molecular flexibility index (Phi) is 10.1. The van der Waals surface area contributed by atoms with Crippen molar-refractivity contribution in [3.63, 3.8) is 0 Å². The quantitative estimate of drug-likeness (QED) is 0.477. The smallest absolute Gasteiger partial charge is 0.243 e. The van der Waals surface area contributed by atoms with E-state index in [2.05, 4.69) is 5.32 Å². The molecule has 9 heteroatoms. The van der Waals surface area contributed by atoms with Crippen LogP contribution in [0, 0.1) is 6.92 Å². The lowest BCUT2D eigenvalue weighted by Crippen LogP contribution is -2.53. The van der Waals surface area contributed by atoms with Crippen LogP contribution in [0.15, 0.2) is 53.4 Å². The fraction of sp³-hybridized carbons (Fsp3) is 0.500. The summed E-state index contributed by atoms with van der Waals surface area (Å²) in [6, 6.07) is 13.2. The highest BCUT2D eigenvalue weighted by molar-refractivity contribution is 7.89. The summed E-state index contributed by atoms with van der Waals surface area (Å²) in [7, 11) is -0.901. The zero-order chi connectivity index (χ0) is 27.0. The number of carbonyl (C=O) groups is 2. The van der Waals surface area contributed by atoms with Gasteiger partial charge in [0.25, 0.3) is 0 Å². The van der Waals surface area contributed by atoms with Gasteiger partial charge in [-0.05, 0) is 56.0 Å². The lowest BCUT2D eigenvalue weighted by atomic mass is 9.95. The molecule has 1 N–H and O–H groups in total. The van der Waals surface area contributed by atoms with Gasteiger partial charge >= 0.3 is 0 Å². The number of hydrogen-bond donors (Lipinski definition) is 1. The SMILES string of the molecule is CC[C@@H](C(=O)NC1CCCCC1)N(Cc1ccc(OC)cc1)C(=O)CN(C)S(=O)(=O)c1ccc(C)cc1. The van der Waals surface area contributed by atoms with Crippen LogP contribution >= 0.6 is 0 Å². The average molecular weight is 530 g/mol. The first-order valence-electron chi connectivity index (χ1n) is 12.9. The van der Waals surface area contributed by atoms with Crippen LogP contribution in [-0.4, -0.2) is 62.2 Å². The average Bonchev–Trinajstić information content (AvgIpc) is 2.89. The van der Waals surface area contributed by atoms with Gasteiger partial charge in [-0.1, -0.05) is 56.0 Å². The summed E-state index contributed by atoms with van der Waals surface area (Å²) in [5, 5.41) is 3.14. The summed E-state index contributed by atoms with van der Waals surface area (Å²) >= 11 is 0. The first-order chi connectivity index (χ1) is 17.6. The van der Waals surface area contributed by atoms with Gasteiger partial charge < -0.3 is 15.0 Å². The number of methoxy groups -OCH3 is 1. The van der Waals surface area contributed by atoms with Crippen LogP contribution in [0.3, 0.4) is 0 Å². The van der Waals surface area contributed by atoms with Gasteiger partial charge in [0.2, 0.25) is 21.8 Å². The Bertz CT molecular complexity index is 1140. The Hall–Kier alpha value is -2.91. The Morgan fingerprint density at radius 1 is 1.03 bits per heavy atom. The molecular formula is C28H39N3O5S. The molecule has 2 amide bonds. The molecule has 1 fully saturated rings. The number of carbonyl (C=O) groups excluding carboxylic acids is 2. The van der Waals surface area contributed by atoms with E-state index in [4.69, 9.17) is 4.74 Å². The Morgan fingerprint density at radius 2 is 1.65 bits per heavy atom. The number of aryl methyl sites for hydroxylation is 1. The van der Waals surface area contributed by atoms with Crippen molar-refractivity contribution in [1.29, 1.82) is 0 Å². The van der Waals surface area contributed by atoms with Crippen molar-refractivity contribution in [2.24, 2.45) is 0 Å². The highest BCUT2D eigenvalue weighted by Gasteiger charge is 2.32. The number of hydrogen-bond acceptors (Lipinski definition) is 5. The van der Waals surface area contributed by atoms with Crippen molar-refractivity contribution >= 4 is 21.8 Å². The fourth-order valence-electron chi connectivity index (χ4n) is 4.65. The van der Waals surface area contributed by atoms with Crippen LogP contribution in [0.5, 0.6) is 5.75 Å². The maximum atomic E-state index is 13.6. The van der Waals surface area contributed by atoms with Crippen LogP contribution in [0.4, 0.5) is 0 Å². The van der Waals surface area contributed by atoms with Crippen molar-refractivity contribution in [3.8, 4) is 5.75 Å². The molecule has 3 rings (SSSR count). The number of nitrogens with zero attached hydrogens (tertiary/aromatic N) is 2. The lowest BCUT2D eigenvalue weighted by Gasteiger charge is -2.33. The van der Waals surface area contributed by atoms with Gasteiger partial charge in [0.05, 0.1) is 18.6 Å². The summed E-state index contributed by atoms with van der Waals surface area (Å²) in [5.74, 6) is 0.0626. The van der Waals surface area contributed by atoms with Crippen molar-refractivity contribution in [3.05, 3.63) is 59.7 Å². The van der Waals surface area contributed by atoms with Crippen molar-refractivity contribution < 1.29 is 22.7 Å². The van der Waals surface area contributed by atoms with Crippen LogP contribution in [0.1, 0.15) is 56.6 Å². The second-order valence-electron chi connectivity index (χ2n) is 9.71. The van der Waals surface area contributed by atoms with Gasteiger partial charge in [0, 0.05) is 19.6 Å². The predicted octanol–water partition coefficient (Wildman–Crippen LogP) is 3.88. The van der Waals surface area contributed by atoms with Crippen LogP contribution < -0.4 is 10.1 Å². The zero-order valence-corrected chi connectivity index (χ0v) is 23.1. The van der Waals surface area contributed by atoms with Gasteiger partial charge in [-0.3, -0.25) is 9.59 Å². The molecule has 1 aliphatic rings. The minimum absolute atomic E-state index is 0.109. The van der Waals surface area contributed by atoms with Gasteiger partial charge in [-0.15, -0.1) is 0 Å². The minimum atomic E-state index is -3.87. The van der Waals surface area contributed by atoms with Crippen molar-refractivity contribution in [2.75, 3.05) is 20.7 Å². The molecule has 8 nitrogen and oxygen atoms in total. The highest BCUT2D eigenvalue weighted by Crippen LogP contribution is 2.21. The van der Waals surface area contributed by atoms with Crippen LogP contribution in [0.25, 0.3) is 0 Å². The maximum absolute atomic E-state index is 13.6. The molecule has 1 saturated carbocycles. The number of amides is 2. The molecule has 0 spiro atoms. The Labute approximate surface area is 221 Å². The summed E-state index contributed by atoms with van der Waals surface area (Å²) < 4.78 is 32.5. The molecule has 0 bridgehead atoms. The topological polar surface area (TPSA) is 96.0 Å². The van der Waals surface area contributed by atoms with E-state index in [1.807, 2.05) is 26.0 Å². The van der Waals surface area contributed by atoms with E-state index in [0.29, 0.717) is 12.2 Å². The standard InChI is InChI=1S/C28H39N3O5S/c1-5-26(28(33)29-23-9-7-6-8-10-23)31(19-22-13-15-24(36-4)16-14-22)27(32)20-30(3)37(34,35)25-17-11-21(2)12-18-25/h11-18,23,26H,5-10,19-20H2,1-4H3,(H,29,33)/t26-/m0/s1. The summed E-state index contributed by atoms with van der Waals surface area (Å²) in [5.41, 5.74) is 1.76. The molecule has 0 aliphatic heterocycles. The minimum Gasteiger partial charge on any atom is -0.497 e. The molecule has 0 saturated heterocycles. The molecule has 0 heterocycles. The summed E-state index contributed by atoms with van der Waals surface area (Å²) in [6.45, 7) is 3.55. The first-order valence-corrected chi connectivity index (χ1v) is 14.4. The van der Waals surface area contributed by atoms with E-state index < -0.39 is 22.0 Å². The molecule has 2 aromatic carbocycles. The number of sulfonamides is 1. The molecule has 1 aliphatic carbocycles. The number of benzene rings is 2. The van der Waals surface area contributed by atoms with Gasteiger partial charge in [0.15, 0.2) is 0 Å².